The number of amides is 4. The first-order valence-corrected chi connectivity index (χ1v) is 12.9. The number of nitrogens with zero attached hydrogens (tertiary/aromatic N) is 1. The maximum absolute atomic E-state index is 14.1. The highest BCUT2D eigenvalue weighted by atomic mass is 16.6. The van der Waals surface area contributed by atoms with Gasteiger partial charge < -0.3 is 25.6 Å². The number of carbonyl (C=O) groups is 5. The number of aliphatic carboxylic acids is 1. The Bertz CT molecular complexity index is 1160. The number of aliphatic hydroxyl groups is 1. The summed E-state index contributed by atoms with van der Waals surface area (Å²) in [5.74, 6) is -3.96. The second kappa shape index (κ2) is 14.8. The zero-order chi connectivity index (χ0) is 29.9. The van der Waals surface area contributed by atoms with Crippen molar-refractivity contribution in [1.82, 2.24) is 15.5 Å². The van der Waals surface area contributed by atoms with Gasteiger partial charge in [-0.25, -0.2) is 4.79 Å². The average Bonchev–Trinajstić information content (AvgIpc) is 2.88. The van der Waals surface area contributed by atoms with Crippen molar-refractivity contribution < 1.29 is 38.9 Å². The molecular formula is C29H37N3O8. The normalized spacial score (nSPS) is 13.3. The molecule has 2 rings (SSSR count). The largest absolute Gasteiger partial charge is 0.480 e. The van der Waals surface area contributed by atoms with Gasteiger partial charge in [-0.1, -0.05) is 60.7 Å². The van der Waals surface area contributed by atoms with Crippen LogP contribution in [-0.2, 0) is 36.8 Å². The van der Waals surface area contributed by atoms with E-state index >= 15 is 0 Å². The van der Waals surface area contributed by atoms with Crippen LogP contribution in [0, 0.1) is 0 Å². The second-order valence-electron chi connectivity index (χ2n) is 10.2. The lowest BCUT2D eigenvalue weighted by atomic mass is 9.99. The average molecular weight is 556 g/mol. The van der Waals surface area contributed by atoms with E-state index in [1.165, 1.54) is 6.92 Å². The van der Waals surface area contributed by atoms with Crippen LogP contribution in [-0.4, -0.2) is 75.2 Å². The Balaban J connectivity index is 2.56. The molecule has 0 aliphatic carbocycles. The molecule has 40 heavy (non-hydrogen) atoms. The van der Waals surface area contributed by atoms with Gasteiger partial charge in [0.2, 0.25) is 11.8 Å². The number of benzene rings is 2. The molecule has 0 heterocycles. The van der Waals surface area contributed by atoms with Crippen LogP contribution in [0.15, 0.2) is 60.7 Å². The molecule has 4 N–H and O–H groups in total. The predicted molar refractivity (Wildman–Crippen MR) is 146 cm³/mol. The summed E-state index contributed by atoms with van der Waals surface area (Å²) < 4.78 is 5.34. The molecule has 0 aliphatic rings. The van der Waals surface area contributed by atoms with Crippen molar-refractivity contribution in [3.05, 3.63) is 71.8 Å². The van der Waals surface area contributed by atoms with E-state index in [9.17, 15) is 34.2 Å². The van der Waals surface area contributed by atoms with E-state index in [0.717, 1.165) is 0 Å². The molecule has 0 bridgehead atoms. The number of carboxylic acid groups (broad SMARTS) is 1. The molecule has 0 aliphatic heterocycles. The smallest absolute Gasteiger partial charge is 0.408 e. The number of hydrogen-bond acceptors (Lipinski definition) is 7. The van der Waals surface area contributed by atoms with Gasteiger partial charge in [-0.05, 0) is 38.8 Å². The molecule has 0 aromatic heterocycles. The van der Waals surface area contributed by atoms with Gasteiger partial charge in [0.15, 0.2) is 0 Å². The number of alkyl carbamates (subject to hydrolysis) is 1. The van der Waals surface area contributed by atoms with Gasteiger partial charge in [-0.15, -0.1) is 0 Å². The van der Waals surface area contributed by atoms with Gasteiger partial charge in [0.05, 0.1) is 13.0 Å². The molecule has 11 heteroatoms. The molecule has 0 spiro atoms. The summed E-state index contributed by atoms with van der Waals surface area (Å²) in [6.45, 7) is 5.62. The lowest BCUT2D eigenvalue weighted by Crippen LogP contribution is -2.60. The minimum atomic E-state index is -1.48. The Morgan fingerprint density at radius 3 is 1.88 bits per heavy atom. The van der Waals surface area contributed by atoms with Crippen molar-refractivity contribution in [1.29, 1.82) is 0 Å². The highest BCUT2D eigenvalue weighted by molar-refractivity contribution is 6.03. The molecule has 2 aromatic carbocycles. The highest BCUT2D eigenvalue weighted by Gasteiger charge is 2.39. The van der Waals surface area contributed by atoms with Crippen molar-refractivity contribution in [2.75, 3.05) is 6.61 Å². The van der Waals surface area contributed by atoms with E-state index in [4.69, 9.17) is 4.74 Å². The van der Waals surface area contributed by atoms with E-state index < -0.39 is 66.5 Å². The fourth-order valence-electron chi connectivity index (χ4n) is 3.84. The summed E-state index contributed by atoms with van der Waals surface area (Å²) >= 11 is 0. The first kappa shape index (κ1) is 32.0. The first-order valence-electron chi connectivity index (χ1n) is 12.9. The van der Waals surface area contributed by atoms with Gasteiger partial charge in [-0.2, -0.15) is 0 Å². The third-order valence-electron chi connectivity index (χ3n) is 5.72. The van der Waals surface area contributed by atoms with Crippen LogP contribution >= 0.6 is 0 Å². The Morgan fingerprint density at radius 1 is 0.875 bits per heavy atom. The molecule has 11 nitrogen and oxygen atoms in total. The standard InChI is InChI=1S/C29H37N3O8/c1-19(27(37)38)30-25(35)23(18-21-13-9-6-10-14-21)32(24(34)15-16-33)26(36)22(17-20-11-7-5-8-12-20)31-28(39)40-29(2,3)4/h5-14,19,22-23,33H,15-18H2,1-4H3,(H,30,35)(H,31,39)(H,37,38)/t19-,22-,23-/m1/s1. The van der Waals surface area contributed by atoms with Crippen molar-refractivity contribution in [2.45, 2.75) is 70.7 Å². The Kier molecular flexibility index (Phi) is 11.8. The van der Waals surface area contributed by atoms with Crippen molar-refractivity contribution >= 4 is 29.8 Å². The summed E-state index contributed by atoms with van der Waals surface area (Å²) in [5, 5.41) is 23.7. The van der Waals surface area contributed by atoms with Crippen molar-refractivity contribution in [3.63, 3.8) is 0 Å². The SMILES string of the molecule is C[C@@H](NC(=O)[C@@H](Cc1ccccc1)N(C(=O)CCO)C(=O)[C@@H](Cc1ccccc1)NC(=O)OC(C)(C)C)C(=O)O. The molecule has 3 atom stereocenters. The summed E-state index contributed by atoms with van der Waals surface area (Å²) in [6.07, 6.45) is -1.55. The maximum atomic E-state index is 14.1. The number of hydrogen-bond donors (Lipinski definition) is 4. The predicted octanol–water partition coefficient (Wildman–Crippen LogP) is 2.06. The number of imide groups is 1. The highest BCUT2D eigenvalue weighted by Crippen LogP contribution is 2.17. The molecule has 2 aromatic rings. The zero-order valence-electron chi connectivity index (χ0n) is 23.1. The lowest BCUT2D eigenvalue weighted by Gasteiger charge is -2.33. The molecular weight excluding hydrogens is 518 g/mol. The number of aliphatic hydroxyl groups excluding tert-OH is 1. The zero-order valence-corrected chi connectivity index (χ0v) is 23.1. The third-order valence-corrected chi connectivity index (χ3v) is 5.72. The molecule has 0 fully saturated rings. The van der Waals surface area contributed by atoms with E-state index in [0.29, 0.717) is 16.0 Å². The van der Waals surface area contributed by atoms with Crippen LogP contribution < -0.4 is 10.6 Å². The summed E-state index contributed by atoms with van der Waals surface area (Å²) in [5.41, 5.74) is 0.384. The quantitative estimate of drug-likeness (QED) is 0.309. The van der Waals surface area contributed by atoms with Crippen LogP contribution in [0.5, 0.6) is 0 Å². The minimum Gasteiger partial charge on any atom is -0.480 e. The van der Waals surface area contributed by atoms with E-state index in [2.05, 4.69) is 10.6 Å². The fourth-order valence-corrected chi connectivity index (χ4v) is 3.84. The van der Waals surface area contributed by atoms with Gasteiger partial charge in [0.1, 0.15) is 23.7 Å². The van der Waals surface area contributed by atoms with Crippen LogP contribution in [0.3, 0.4) is 0 Å². The van der Waals surface area contributed by atoms with Crippen molar-refractivity contribution in [2.24, 2.45) is 0 Å². The van der Waals surface area contributed by atoms with Crippen LogP contribution in [0.25, 0.3) is 0 Å². The summed E-state index contributed by atoms with van der Waals surface area (Å²) in [7, 11) is 0. The number of nitrogens with one attached hydrogen (secondary N) is 2. The van der Waals surface area contributed by atoms with Crippen LogP contribution in [0.1, 0.15) is 45.2 Å². The Labute approximate surface area is 233 Å². The van der Waals surface area contributed by atoms with Crippen LogP contribution in [0.4, 0.5) is 4.79 Å². The lowest BCUT2D eigenvalue weighted by molar-refractivity contribution is -0.154. The van der Waals surface area contributed by atoms with E-state index in [1.54, 1.807) is 81.4 Å². The molecule has 216 valence electrons. The van der Waals surface area contributed by atoms with Gasteiger partial charge in [-0.3, -0.25) is 24.1 Å². The van der Waals surface area contributed by atoms with Gasteiger partial charge >= 0.3 is 12.1 Å². The Morgan fingerprint density at radius 2 is 1.40 bits per heavy atom. The number of ether oxygens (including phenoxy) is 1. The molecule has 4 amide bonds. The molecule has 0 radical (unpaired) electrons. The molecule has 0 saturated heterocycles. The van der Waals surface area contributed by atoms with Crippen molar-refractivity contribution in [3.8, 4) is 0 Å². The van der Waals surface area contributed by atoms with Gasteiger partial charge in [0.25, 0.3) is 5.91 Å². The van der Waals surface area contributed by atoms with E-state index in [-0.39, 0.29) is 12.8 Å². The Hall–Kier alpha value is -4.25. The minimum absolute atomic E-state index is 0.0347. The first-order chi connectivity index (χ1) is 18.8. The van der Waals surface area contributed by atoms with E-state index in [1.807, 2.05) is 0 Å². The van der Waals surface area contributed by atoms with Crippen LogP contribution in [0.2, 0.25) is 0 Å². The summed E-state index contributed by atoms with van der Waals surface area (Å²) in [6, 6.07) is 13.2. The maximum Gasteiger partial charge on any atom is 0.408 e. The number of rotatable bonds is 12. The molecule has 0 unspecified atom stereocenters. The fraction of sp³-hybridized carbons (Fsp3) is 0.414. The van der Waals surface area contributed by atoms with Gasteiger partial charge in [0, 0.05) is 12.8 Å². The second-order valence-corrected chi connectivity index (χ2v) is 10.2. The number of carboxylic acids is 1. The molecule has 0 saturated carbocycles. The topological polar surface area (TPSA) is 162 Å². The monoisotopic (exact) mass is 555 g/mol. The third kappa shape index (κ3) is 10.1. The number of carbonyl (C=O) groups excluding carboxylic acids is 4. The summed E-state index contributed by atoms with van der Waals surface area (Å²) in [4.78, 5) is 65.7.